The normalized spacial score (nSPS) is 21.7. The van der Waals surface area contributed by atoms with Crippen LogP contribution in [-0.4, -0.2) is 48.6 Å². The molecule has 146 valence electrons. The molecule has 0 saturated carbocycles. The molecule has 2 aliphatic heterocycles. The Labute approximate surface area is 169 Å². The van der Waals surface area contributed by atoms with E-state index in [9.17, 15) is 9.18 Å². The Morgan fingerprint density at radius 2 is 2.04 bits per heavy atom. The second-order valence-electron chi connectivity index (χ2n) is 7.34. The Kier molecular flexibility index (Phi) is 5.38. The molecule has 2 amide bonds. The Bertz CT molecular complexity index is 896. The van der Waals surface area contributed by atoms with Gasteiger partial charge < -0.3 is 15.1 Å². The van der Waals surface area contributed by atoms with Gasteiger partial charge in [0.15, 0.2) is 0 Å². The van der Waals surface area contributed by atoms with Crippen molar-refractivity contribution in [3.8, 4) is 0 Å². The molecule has 4 rings (SSSR count). The first-order valence-electron chi connectivity index (χ1n) is 9.50. The Hall–Kier alpha value is -2.37. The summed E-state index contributed by atoms with van der Waals surface area (Å²) in [4.78, 5) is 16.9. The van der Waals surface area contributed by atoms with E-state index in [0.717, 1.165) is 30.6 Å². The number of halogens is 2. The minimum atomic E-state index is -0.329. The van der Waals surface area contributed by atoms with Gasteiger partial charge in [-0.3, -0.25) is 0 Å². The summed E-state index contributed by atoms with van der Waals surface area (Å²) in [6.45, 7) is 2.07. The van der Waals surface area contributed by atoms with Gasteiger partial charge >= 0.3 is 6.03 Å². The molecule has 28 heavy (non-hydrogen) atoms. The average molecular weight is 400 g/mol. The summed E-state index contributed by atoms with van der Waals surface area (Å²) in [7, 11) is 1.85. The maximum absolute atomic E-state index is 14.5. The van der Waals surface area contributed by atoms with Crippen LogP contribution in [0.25, 0.3) is 5.57 Å². The second-order valence-corrected chi connectivity index (χ2v) is 7.78. The van der Waals surface area contributed by atoms with E-state index in [2.05, 4.69) is 5.32 Å². The van der Waals surface area contributed by atoms with Crippen LogP contribution in [0.3, 0.4) is 0 Å². The van der Waals surface area contributed by atoms with Gasteiger partial charge in [-0.1, -0.05) is 48.0 Å². The zero-order valence-corrected chi connectivity index (χ0v) is 16.5. The highest BCUT2D eigenvalue weighted by Gasteiger charge is 2.35. The molecule has 2 aromatic carbocycles. The van der Waals surface area contributed by atoms with E-state index in [1.54, 1.807) is 11.0 Å². The first kappa shape index (κ1) is 19.0. The highest BCUT2D eigenvalue weighted by molar-refractivity contribution is 6.30. The number of rotatable bonds is 3. The molecular formula is C22H23ClFN3O. The lowest BCUT2D eigenvalue weighted by molar-refractivity contribution is 0.148. The lowest BCUT2D eigenvalue weighted by Crippen LogP contribution is -2.46. The number of benzene rings is 2. The third-order valence-electron chi connectivity index (χ3n) is 5.58. The van der Waals surface area contributed by atoms with Crippen LogP contribution in [0, 0.1) is 5.82 Å². The summed E-state index contributed by atoms with van der Waals surface area (Å²) >= 11 is 6.09. The van der Waals surface area contributed by atoms with Crippen LogP contribution in [0.4, 0.5) is 9.18 Å². The van der Waals surface area contributed by atoms with Gasteiger partial charge in [0.05, 0.1) is 6.04 Å². The van der Waals surface area contributed by atoms with E-state index in [0.29, 0.717) is 17.1 Å². The predicted molar refractivity (Wildman–Crippen MR) is 110 cm³/mol. The molecular weight excluding hydrogens is 377 g/mol. The van der Waals surface area contributed by atoms with E-state index < -0.39 is 0 Å². The highest BCUT2D eigenvalue weighted by Crippen LogP contribution is 2.37. The molecule has 2 atom stereocenters. The molecule has 6 heteroatoms. The quantitative estimate of drug-likeness (QED) is 0.833. The van der Waals surface area contributed by atoms with Crippen LogP contribution < -0.4 is 5.32 Å². The topological polar surface area (TPSA) is 35.6 Å². The Morgan fingerprint density at radius 1 is 1.25 bits per heavy atom. The number of nitrogens with zero attached hydrogens (tertiary/aromatic N) is 2. The molecule has 4 nitrogen and oxygen atoms in total. The van der Waals surface area contributed by atoms with Gasteiger partial charge in [0.2, 0.25) is 0 Å². The van der Waals surface area contributed by atoms with E-state index in [1.165, 1.54) is 12.1 Å². The molecule has 2 aromatic rings. The van der Waals surface area contributed by atoms with Crippen LogP contribution in [0.1, 0.15) is 23.6 Å². The van der Waals surface area contributed by atoms with Crippen molar-refractivity contribution in [2.75, 3.05) is 26.7 Å². The third kappa shape index (κ3) is 3.64. The lowest BCUT2D eigenvalue weighted by Gasteiger charge is -2.33. The number of amides is 2. The molecule has 0 radical (unpaired) electrons. The maximum Gasteiger partial charge on any atom is 0.321 e. The third-order valence-corrected chi connectivity index (χ3v) is 5.82. The number of hydrogen-bond donors (Lipinski definition) is 1. The SMILES string of the molecule is CN(C(=O)N1CC(c2cc(Cl)ccc2F)=CC1c1ccccc1)[C@@H]1CCNC1. The van der Waals surface area contributed by atoms with E-state index in [4.69, 9.17) is 11.6 Å². The van der Waals surface area contributed by atoms with E-state index >= 15 is 0 Å². The van der Waals surface area contributed by atoms with Crippen molar-refractivity contribution in [1.82, 2.24) is 15.1 Å². The van der Waals surface area contributed by atoms with Gasteiger partial charge in [-0.25, -0.2) is 9.18 Å². The molecule has 1 fully saturated rings. The molecule has 1 saturated heterocycles. The van der Waals surface area contributed by atoms with Crippen LogP contribution in [0.15, 0.2) is 54.6 Å². The van der Waals surface area contributed by atoms with Crippen LogP contribution in [0.5, 0.6) is 0 Å². The van der Waals surface area contributed by atoms with Crippen molar-refractivity contribution in [2.24, 2.45) is 0 Å². The fraction of sp³-hybridized carbons (Fsp3) is 0.318. The molecule has 0 spiro atoms. The monoisotopic (exact) mass is 399 g/mol. The zero-order chi connectivity index (χ0) is 19.7. The number of carbonyl (C=O) groups excluding carboxylic acids is 1. The van der Waals surface area contributed by atoms with Crippen molar-refractivity contribution in [3.63, 3.8) is 0 Å². The lowest BCUT2D eigenvalue weighted by atomic mass is 10.0. The predicted octanol–water partition coefficient (Wildman–Crippen LogP) is 4.33. The molecule has 1 unspecified atom stereocenters. The molecule has 0 aromatic heterocycles. The number of carbonyl (C=O) groups is 1. The summed E-state index contributed by atoms with van der Waals surface area (Å²) in [5.74, 6) is -0.329. The first-order chi connectivity index (χ1) is 13.5. The van der Waals surface area contributed by atoms with Gasteiger partial charge in [0.1, 0.15) is 5.82 Å². The summed E-state index contributed by atoms with van der Waals surface area (Å²) < 4.78 is 14.5. The maximum atomic E-state index is 14.5. The number of likely N-dealkylation sites (N-methyl/N-ethyl adjacent to an activating group) is 1. The fourth-order valence-electron chi connectivity index (χ4n) is 3.98. The van der Waals surface area contributed by atoms with Crippen molar-refractivity contribution >= 4 is 23.2 Å². The van der Waals surface area contributed by atoms with Crippen LogP contribution in [0.2, 0.25) is 5.02 Å². The summed E-state index contributed by atoms with van der Waals surface area (Å²) in [5, 5.41) is 3.78. The summed E-state index contributed by atoms with van der Waals surface area (Å²) in [6, 6.07) is 14.3. The first-order valence-corrected chi connectivity index (χ1v) is 9.87. The molecule has 2 aliphatic rings. The Morgan fingerprint density at radius 3 is 2.75 bits per heavy atom. The summed E-state index contributed by atoms with van der Waals surface area (Å²) in [6.07, 6.45) is 2.91. The highest BCUT2D eigenvalue weighted by atomic mass is 35.5. The van der Waals surface area contributed by atoms with E-state index in [-0.39, 0.29) is 23.9 Å². The van der Waals surface area contributed by atoms with Crippen molar-refractivity contribution in [2.45, 2.75) is 18.5 Å². The minimum absolute atomic E-state index is 0.0451. The summed E-state index contributed by atoms with van der Waals surface area (Å²) in [5.41, 5.74) is 2.24. The molecule has 1 N–H and O–H groups in total. The molecule has 2 heterocycles. The zero-order valence-electron chi connectivity index (χ0n) is 15.7. The van der Waals surface area contributed by atoms with Crippen molar-refractivity contribution in [1.29, 1.82) is 0 Å². The standard InChI is InChI=1S/C22H23ClFN3O/c1-26(18-9-10-25-13-18)22(28)27-14-16(19-12-17(23)7-8-20(19)24)11-21(27)15-5-3-2-4-6-15/h2-8,11-12,18,21,25H,9-10,13-14H2,1H3/t18-,21?/m1/s1. The van der Waals surface area contributed by atoms with Gasteiger partial charge in [0.25, 0.3) is 0 Å². The molecule has 0 aliphatic carbocycles. The fourth-order valence-corrected chi connectivity index (χ4v) is 4.15. The largest absolute Gasteiger partial charge is 0.323 e. The second kappa shape index (κ2) is 7.94. The van der Waals surface area contributed by atoms with Crippen molar-refractivity contribution < 1.29 is 9.18 Å². The number of urea groups is 1. The van der Waals surface area contributed by atoms with Crippen LogP contribution >= 0.6 is 11.6 Å². The number of hydrogen-bond acceptors (Lipinski definition) is 2. The number of nitrogens with one attached hydrogen (secondary N) is 1. The van der Waals surface area contributed by atoms with Crippen LogP contribution in [-0.2, 0) is 0 Å². The van der Waals surface area contributed by atoms with Gasteiger partial charge in [0, 0.05) is 36.8 Å². The Balaban J connectivity index is 1.67. The molecule has 0 bridgehead atoms. The van der Waals surface area contributed by atoms with Gasteiger partial charge in [-0.05, 0) is 42.3 Å². The average Bonchev–Trinajstić information content (AvgIpc) is 3.39. The smallest absolute Gasteiger partial charge is 0.321 e. The van der Waals surface area contributed by atoms with E-state index in [1.807, 2.05) is 48.4 Å². The van der Waals surface area contributed by atoms with Crippen molar-refractivity contribution in [3.05, 3.63) is 76.6 Å². The van der Waals surface area contributed by atoms with Gasteiger partial charge in [-0.15, -0.1) is 0 Å². The minimum Gasteiger partial charge on any atom is -0.323 e. The van der Waals surface area contributed by atoms with Gasteiger partial charge in [-0.2, -0.15) is 0 Å².